The van der Waals surface area contributed by atoms with Gasteiger partial charge < -0.3 is 20.7 Å². The summed E-state index contributed by atoms with van der Waals surface area (Å²) in [5.74, 6) is 8.02. The molecule has 0 amide bonds. The second-order valence-electron chi connectivity index (χ2n) is 2.93. The SMILES string of the molecule is COc1nc(OCC(F)(F)F)ccc1CN.NN.O. The third-order valence-corrected chi connectivity index (χ3v) is 1.71. The lowest BCUT2D eigenvalue weighted by Crippen LogP contribution is -2.19. The number of nitrogens with two attached hydrogens (primary N) is 3. The minimum Gasteiger partial charge on any atom is -0.481 e. The van der Waals surface area contributed by atoms with Gasteiger partial charge in [-0.2, -0.15) is 18.2 Å². The first-order chi connectivity index (χ1) is 8.46. The van der Waals surface area contributed by atoms with Crippen molar-refractivity contribution < 1.29 is 28.1 Å². The van der Waals surface area contributed by atoms with Crippen LogP contribution in [0.15, 0.2) is 12.1 Å². The van der Waals surface area contributed by atoms with Crippen molar-refractivity contribution in [2.24, 2.45) is 17.4 Å². The van der Waals surface area contributed by atoms with E-state index in [1.165, 1.54) is 19.2 Å². The van der Waals surface area contributed by atoms with E-state index in [1.54, 1.807) is 0 Å². The van der Waals surface area contributed by atoms with Crippen LogP contribution in [0.3, 0.4) is 0 Å². The summed E-state index contributed by atoms with van der Waals surface area (Å²) in [4.78, 5) is 3.74. The van der Waals surface area contributed by atoms with Crippen LogP contribution in [0.25, 0.3) is 0 Å². The summed E-state index contributed by atoms with van der Waals surface area (Å²) in [6.07, 6.45) is -4.39. The van der Waals surface area contributed by atoms with Crippen molar-refractivity contribution in [3.8, 4) is 11.8 Å². The van der Waals surface area contributed by atoms with Crippen molar-refractivity contribution in [3.05, 3.63) is 17.7 Å². The van der Waals surface area contributed by atoms with Crippen molar-refractivity contribution in [2.75, 3.05) is 13.7 Å². The Morgan fingerprint density at radius 1 is 1.26 bits per heavy atom. The predicted molar refractivity (Wildman–Crippen MR) is 62.2 cm³/mol. The van der Waals surface area contributed by atoms with Crippen molar-refractivity contribution in [3.63, 3.8) is 0 Å². The second kappa shape index (κ2) is 9.33. The molecule has 0 aliphatic heterocycles. The lowest BCUT2D eigenvalue weighted by molar-refractivity contribution is -0.154. The van der Waals surface area contributed by atoms with Gasteiger partial charge in [0, 0.05) is 18.2 Å². The molecule has 0 aliphatic carbocycles. The van der Waals surface area contributed by atoms with E-state index >= 15 is 0 Å². The summed E-state index contributed by atoms with van der Waals surface area (Å²) in [7, 11) is 1.36. The van der Waals surface area contributed by atoms with Gasteiger partial charge in [-0.05, 0) is 6.07 Å². The Morgan fingerprint density at radius 3 is 2.26 bits per heavy atom. The number of rotatable bonds is 4. The Bertz CT molecular complexity index is 363. The van der Waals surface area contributed by atoms with Crippen molar-refractivity contribution in [1.82, 2.24) is 4.98 Å². The van der Waals surface area contributed by atoms with E-state index in [0.717, 1.165) is 0 Å². The zero-order chi connectivity index (χ0) is 14.2. The Hall–Kier alpha value is -1.62. The standard InChI is InChI=1S/C9H11F3N2O2.H4N2.H2O/c1-15-8-6(4-13)2-3-7(14-8)16-5-9(10,11)12;1-2;/h2-3H,4-5,13H2,1H3;1-2H2;1H2. The van der Waals surface area contributed by atoms with Crippen LogP contribution in [0.4, 0.5) is 13.2 Å². The number of methoxy groups -OCH3 is 1. The molecule has 1 rings (SSSR count). The molecule has 0 bridgehead atoms. The molecule has 0 unspecified atom stereocenters. The van der Waals surface area contributed by atoms with Crippen LogP contribution in [-0.4, -0.2) is 30.4 Å². The first-order valence-electron chi connectivity index (χ1n) is 4.73. The summed E-state index contributed by atoms with van der Waals surface area (Å²) in [5, 5.41) is 0. The van der Waals surface area contributed by atoms with Gasteiger partial charge in [0.25, 0.3) is 0 Å². The van der Waals surface area contributed by atoms with E-state index < -0.39 is 12.8 Å². The number of aromatic nitrogens is 1. The molecule has 0 saturated heterocycles. The first kappa shape index (κ1) is 19.7. The molecule has 10 heteroatoms. The normalized spacial score (nSPS) is 9.84. The average molecular weight is 286 g/mol. The van der Waals surface area contributed by atoms with Crippen LogP contribution in [-0.2, 0) is 6.54 Å². The lowest BCUT2D eigenvalue weighted by atomic mass is 10.3. The molecule has 19 heavy (non-hydrogen) atoms. The fourth-order valence-electron chi connectivity index (χ4n) is 1.02. The monoisotopic (exact) mass is 286 g/mol. The number of alkyl halides is 3. The van der Waals surface area contributed by atoms with Gasteiger partial charge >= 0.3 is 6.18 Å². The van der Waals surface area contributed by atoms with E-state index in [2.05, 4.69) is 21.4 Å². The lowest BCUT2D eigenvalue weighted by Gasteiger charge is -2.10. The Balaban J connectivity index is 0. The van der Waals surface area contributed by atoms with Gasteiger partial charge in [0.1, 0.15) is 0 Å². The van der Waals surface area contributed by atoms with E-state index in [1.807, 2.05) is 0 Å². The summed E-state index contributed by atoms with van der Waals surface area (Å²) < 4.78 is 44.9. The van der Waals surface area contributed by atoms with Crippen molar-refractivity contribution >= 4 is 0 Å². The van der Waals surface area contributed by atoms with E-state index in [9.17, 15) is 13.2 Å². The molecule has 0 spiro atoms. The summed E-state index contributed by atoms with van der Waals surface area (Å²) >= 11 is 0. The van der Waals surface area contributed by atoms with Crippen LogP contribution < -0.4 is 26.9 Å². The van der Waals surface area contributed by atoms with Crippen molar-refractivity contribution in [1.29, 1.82) is 0 Å². The molecular weight excluding hydrogens is 269 g/mol. The highest BCUT2D eigenvalue weighted by Gasteiger charge is 2.28. The molecule has 1 aromatic rings. The molecule has 0 atom stereocenters. The fraction of sp³-hybridized carbons (Fsp3) is 0.444. The first-order valence-corrected chi connectivity index (χ1v) is 4.73. The molecular formula is C9H17F3N4O3. The molecule has 112 valence electrons. The van der Waals surface area contributed by atoms with Gasteiger partial charge in [-0.15, -0.1) is 0 Å². The van der Waals surface area contributed by atoms with Crippen LogP contribution in [0.1, 0.15) is 5.56 Å². The number of hydrazine groups is 1. The number of hydrogen-bond acceptors (Lipinski definition) is 6. The molecule has 0 aromatic carbocycles. The van der Waals surface area contributed by atoms with Gasteiger partial charge in [0.2, 0.25) is 11.8 Å². The zero-order valence-electron chi connectivity index (χ0n) is 10.2. The highest BCUT2D eigenvalue weighted by Crippen LogP contribution is 2.21. The minimum absolute atomic E-state index is 0. The van der Waals surface area contributed by atoms with Gasteiger partial charge in [0.15, 0.2) is 6.61 Å². The molecule has 0 aliphatic rings. The van der Waals surface area contributed by atoms with Gasteiger partial charge in [0.05, 0.1) is 7.11 Å². The van der Waals surface area contributed by atoms with Crippen LogP contribution in [0.5, 0.6) is 11.8 Å². The van der Waals surface area contributed by atoms with E-state index in [0.29, 0.717) is 5.56 Å². The summed E-state index contributed by atoms with van der Waals surface area (Å²) in [6, 6.07) is 2.83. The Kier molecular flexibility index (Phi) is 9.68. The fourth-order valence-corrected chi connectivity index (χ4v) is 1.02. The number of halogens is 3. The van der Waals surface area contributed by atoms with Crippen molar-refractivity contribution in [2.45, 2.75) is 12.7 Å². The topological polar surface area (TPSA) is 141 Å². The Labute approximate surface area is 107 Å². The molecule has 1 heterocycles. The molecule has 0 fully saturated rings. The number of pyridine rings is 1. The summed E-state index contributed by atoms with van der Waals surface area (Å²) in [5.41, 5.74) is 5.98. The zero-order valence-corrected chi connectivity index (χ0v) is 10.2. The maximum atomic E-state index is 11.9. The van der Waals surface area contributed by atoms with E-state index in [4.69, 9.17) is 10.5 Å². The van der Waals surface area contributed by atoms with Gasteiger partial charge in [-0.25, -0.2) is 0 Å². The number of ether oxygens (including phenoxy) is 2. The number of nitrogens with zero attached hydrogens (tertiary/aromatic N) is 1. The quantitative estimate of drug-likeness (QED) is 0.502. The number of hydrogen-bond donors (Lipinski definition) is 3. The second-order valence-corrected chi connectivity index (χ2v) is 2.93. The minimum atomic E-state index is -4.39. The molecule has 7 nitrogen and oxygen atoms in total. The smallest absolute Gasteiger partial charge is 0.422 e. The highest BCUT2D eigenvalue weighted by molar-refractivity contribution is 5.30. The maximum absolute atomic E-state index is 11.9. The third-order valence-electron chi connectivity index (χ3n) is 1.71. The molecule has 8 N–H and O–H groups in total. The largest absolute Gasteiger partial charge is 0.481 e. The highest BCUT2D eigenvalue weighted by atomic mass is 19.4. The van der Waals surface area contributed by atoms with Crippen LogP contribution in [0, 0.1) is 0 Å². The maximum Gasteiger partial charge on any atom is 0.422 e. The average Bonchev–Trinajstić information content (AvgIpc) is 2.37. The van der Waals surface area contributed by atoms with Gasteiger partial charge in [-0.1, -0.05) is 0 Å². The van der Waals surface area contributed by atoms with E-state index in [-0.39, 0.29) is 23.8 Å². The third kappa shape index (κ3) is 7.41. The Morgan fingerprint density at radius 2 is 1.84 bits per heavy atom. The van der Waals surface area contributed by atoms with Crippen LogP contribution >= 0.6 is 0 Å². The summed E-state index contributed by atoms with van der Waals surface area (Å²) in [6.45, 7) is -1.19. The molecule has 0 saturated carbocycles. The molecule has 1 aromatic heterocycles. The molecule has 0 radical (unpaired) electrons. The van der Waals surface area contributed by atoms with Crippen LogP contribution in [0.2, 0.25) is 0 Å². The van der Waals surface area contributed by atoms with Gasteiger partial charge in [-0.3, -0.25) is 11.7 Å². The predicted octanol–water partition coefficient (Wildman–Crippen LogP) is -0.516.